The maximum Gasteiger partial charge on any atom is 0.242 e. The van der Waals surface area contributed by atoms with E-state index in [-0.39, 0.29) is 0 Å². The van der Waals surface area contributed by atoms with Crippen LogP contribution in [0, 0.1) is 6.92 Å². The third-order valence-corrected chi connectivity index (χ3v) is 4.92. The molecule has 0 amide bonds. The molecule has 0 aliphatic carbocycles. The fourth-order valence-corrected chi connectivity index (χ4v) is 3.08. The lowest BCUT2D eigenvalue weighted by molar-refractivity contribution is 0.189. The highest BCUT2D eigenvalue weighted by atomic mass is 32.2. The van der Waals surface area contributed by atoms with Gasteiger partial charge in [0.2, 0.25) is 10.0 Å². The van der Waals surface area contributed by atoms with Crippen LogP contribution in [0.25, 0.3) is 0 Å². The first-order valence-corrected chi connectivity index (χ1v) is 7.62. The number of aryl methyl sites for hydroxylation is 1. The number of hydrogen-bond donors (Lipinski definition) is 1. The van der Waals surface area contributed by atoms with Crippen molar-refractivity contribution < 1.29 is 13.2 Å². The molecular weight excluding hydrogens is 264 g/mol. The van der Waals surface area contributed by atoms with Crippen molar-refractivity contribution in [1.82, 2.24) is 4.31 Å². The molecule has 1 aromatic rings. The molecular formula is C13H22N2O3S. The maximum absolute atomic E-state index is 12.3. The van der Waals surface area contributed by atoms with Gasteiger partial charge in [-0.05, 0) is 36.6 Å². The van der Waals surface area contributed by atoms with E-state index >= 15 is 0 Å². The fourth-order valence-electron chi connectivity index (χ4n) is 1.79. The number of benzene rings is 1. The lowest BCUT2D eigenvalue weighted by Crippen LogP contribution is -2.28. The molecule has 5 nitrogen and oxygen atoms in total. The van der Waals surface area contributed by atoms with Crippen molar-refractivity contribution >= 4 is 10.0 Å². The second kappa shape index (κ2) is 7.00. The summed E-state index contributed by atoms with van der Waals surface area (Å²) in [6, 6.07) is 5.05. The Balaban J connectivity index is 2.90. The summed E-state index contributed by atoms with van der Waals surface area (Å²) in [5.74, 6) is 0. The van der Waals surface area contributed by atoms with Gasteiger partial charge >= 0.3 is 0 Å². The number of hydrogen-bond acceptors (Lipinski definition) is 4. The summed E-state index contributed by atoms with van der Waals surface area (Å²) in [5.41, 5.74) is 7.43. The molecule has 19 heavy (non-hydrogen) atoms. The summed E-state index contributed by atoms with van der Waals surface area (Å²) in [5, 5.41) is 0. The summed E-state index contributed by atoms with van der Waals surface area (Å²) in [7, 11) is -0.249. The number of sulfonamides is 1. The van der Waals surface area contributed by atoms with E-state index in [1.54, 1.807) is 32.4 Å². The zero-order valence-electron chi connectivity index (χ0n) is 11.7. The first-order chi connectivity index (χ1) is 8.93. The van der Waals surface area contributed by atoms with Crippen LogP contribution in [-0.4, -0.2) is 40.0 Å². The summed E-state index contributed by atoms with van der Waals surface area (Å²) >= 11 is 0. The Kier molecular flexibility index (Phi) is 5.93. The first-order valence-electron chi connectivity index (χ1n) is 6.18. The monoisotopic (exact) mass is 286 g/mol. The van der Waals surface area contributed by atoms with Crippen LogP contribution in [0.2, 0.25) is 0 Å². The van der Waals surface area contributed by atoms with Gasteiger partial charge in [-0.15, -0.1) is 0 Å². The lowest BCUT2D eigenvalue weighted by Gasteiger charge is -2.17. The van der Waals surface area contributed by atoms with E-state index in [1.165, 1.54) is 4.31 Å². The second-order valence-corrected chi connectivity index (χ2v) is 6.51. The molecule has 0 atom stereocenters. The Labute approximate surface area is 115 Å². The summed E-state index contributed by atoms with van der Waals surface area (Å²) < 4.78 is 30.9. The van der Waals surface area contributed by atoms with Gasteiger partial charge in [0.15, 0.2) is 0 Å². The van der Waals surface area contributed by atoms with Crippen molar-refractivity contribution in [2.24, 2.45) is 5.73 Å². The molecule has 1 aromatic carbocycles. The number of rotatable bonds is 7. The molecule has 0 fully saturated rings. The van der Waals surface area contributed by atoms with Crippen molar-refractivity contribution in [2.45, 2.75) is 24.8 Å². The van der Waals surface area contributed by atoms with Gasteiger partial charge < -0.3 is 10.5 Å². The van der Waals surface area contributed by atoms with Gasteiger partial charge in [-0.2, -0.15) is 0 Å². The molecule has 0 saturated carbocycles. The molecule has 0 radical (unpaired) electrons. The highest BCUT2D eigenvalue weighted by Crippen LogP contribution is 2.18. The van der Waals surface area contributed by atoms with E-state index in [0.29, 0.717) is 31.0 Å². The molecule has 0 bridgehead atoms. The molecule has 0 unspecified atom stereocenters. The Morgan fingerprint density at radius 2 is 2.05 bits per heavy atom. The average molecular weight is 286 g/mol. The van der Waals surface area contributed by atoms with Crippen LogP contribution in [-0.2, 0) is 21.3 Å². The molecule has 6 heteroatoms. The zero-order chi connectivity index (χ0) is 14.5. The molecule has 0 saturated heterocycles. The van der Waals surface area contributed by atoms with E-state index in [1.807, 2.05) is 6.92 Å². The molecule has 0 heterocycles. The predicted octanol–water partition coefficient (Wildman–Crippen LogP) is 1.11. The van der Waals surface area contributed by atoms with Crippen LogP contribution in [0.1, 0.15) is 17.5 Å². The van der Waals surface area contributed by atoms with Crippen LogP contribution in [0.5, 0.6) is 0 Å². The minimum Gasteiger partial charge on any atom is -0.385 e. The van der Waals surface area contributed by atoms with E-state index in [4.69, 9.17) is 10.5 Å². The SMILES string of the molecule is COCCCN(C)S(=O)(=O)c1ccc(CN)c(C)c1. The van der Waals surface area contributed by atoms with Crippen molar-refractivity contribution in [3.8, 4) is 0 Å². The van der Waals surface area contributed by atoms with Gasteiger partial charge in [0.25, 0.3) is 0 Å². The maximum atomic E-state index is 12.3. The van der Waals surface area contributed by atoms with Gasteiger partial charge in [-0.3, -0.25) is 0 Å². The third kappa shape index (κ3) is 4.01. The molecule has 0 aromatic heterocycles. The average Bonchev–Trinajstić information content (AvgIpc) is 2.38. The molecule has 0 aliphatic heterocycles. The Morgan fingerprint density at radius 1 is 1.37 bits per heavy atom. The second-order valence-electron chi connectivity index (χ2n) is 4.47. The highest BCUT2D eigenvalue weighted by molar-refractivity contribution is 7.89. The van der Waals surface area contributed by atoms with E-state index in [0.717, 1.165) is 11.1 Å². The van der Waals surface area contributed by atoms with Crippen LogP contribution >= 0.6 is 0 Å². The molecule has 108 valence electrons. The number of nitrogens with zero attached hydrogens (tertiary/aromatic N) is 1. The Morgan fingerprint density at radius 3 is 2.58 bits per heavy atom. The van der Waals surface area contributed by atoms with Crippen LogP contribution < -0.4 is 5.73 Å². The smallest absolute Gasteiger partial charge is 0.242 e. The van der Waals surface area contributed by atoms with Crippen LogP contribution in [0.4, 0.5) is 0 Å². The first kappa shape index (κ1) is 16.1. The van der Waals surface area contributed by atoms with Crippen LogP contribution in [0.15, 0.2) is 23.1 Å². The largest absolute Gasteiger partial charge is 0.385 e. The van der Waals surface area contributed by atoms with Crippen molar-refractivity contribution in [2.75, 3.05) is 27.3 Å². The normalized spacial score (nSPS) is 12.1. The Bertz CT molecular complexity index is 515. The van der Waals surface area contributed by atoms with E-state index in [2.05, 4.69) is 0 Å². The summed E-state index contributed by atoms with van der Waals surface area (Å²) in [6.45, 7) is 3.26. The number of nitrogens with two attached hydrogens (primary N) is 1. The Hall–Kier alpha value is -0.950. The van der Waals surface area contributed by atoms with Gasteiger partial charge in [0, 0.05) is 33.9 Å². The van der Waals surface area contributed by atoms with Crippen molar-refractivity contribution in [3.05, 3.63) is 29.3 Å². The van der Waals surface area contributed by atoms with E-state index in [9.17, 15) is 8.42 Å². The number of methoxy groups -OCH3 is 1. The summed E-state index contributed by atoms with van der Waals surface area (Å²) in [4.78, 5) is 0.308. The minimum atomic E-state index is -3.43. The summed E-state index contributed by atoms with van der Waals surface area (Å²) in [6.07, 6.45) is 0.673. The quantitative estimate of drug-likeness (QED) is 0.762. The highest BCUT2D eigenvalue weighted by Gasteiger charge is 2.20. The van der Waals surface area contributed by atoms with Crippen molar-refractivity contribution in [3.63, 3.8) is 0 Å². The van der Waals surface area contributed by atoms with Crippen LogP contribution in [0.3, 0.4) is 0 Å². The van der Waals surface area contributed by atoms with Gasteiger partial charge in [0.05, 0.1) is 4.90 Å². The van der Waals surface area contributed by atoms with Gasteiger partial charge in [0.1, 0.15) is 0 Å². The van der Waals surface area contributed by atoms with Crippen molar-refractivity contribution in [1.29, 1.82) is 0 Å². The third-order valence-electron chi connectivity index (χ3n) is 3.06. The molecule has 0 spiro atoms. The van der Waals surface area contributed by atoms with Gasteiger partial charge in [-0.25, -0.2) is 12.7 Å². The molecule has 2 N–H and O–H groups in total. The fraction of sp³-hybridized carbons (Fsp3) is 0.538. The standard InChI is InChI=1S/C13H22N2O3S/c1-11-9-13(6-5-12(11)10-14)19(16,17)15(2)7-4-8-18-3/h5-6,9H,4,7-8,10,14H2,1-3H3. The lowest BCUT2D eigenvalue weighted by atomic mass is 10.1. The number of ether oxygens (including phenoxy) is 1. The topological polar surface area (TPSA) is 72.6 Å². The van der Waals surface area contributed by atoms with Gasteiger partial charge in [-0.1, -0.05) is 6.07 Å². The minimum absolute atomic E-state index is 0.308. The van der Waals surface area contributed by atoms with E-state index < -0.39 is 10.0 Å². The molecule has 1 rings (SSSR count). The predicted molar refractivity (Wildman–Crippen MR) is 75.4 cm³/mol. The zero-order valence-corrected chi connectivity index (χ0v) is 12.5. The molecule has 0 aliphatic rings.